The molecule has 0 aliphatic heterocycles. The number of carbonyl (C=O) groups excluding carboxylic acids is 1. The lowest BCUT2D eigenvalue weighted by molar-refractivity contribution is -0.115. The molecule has 1 N–H and O–H groups in total. The van der Waals surface area contributed by atoms with Crippen LogP contribution < -0.4 is 0 Å². The lowest BCUT2D eigenvalue weighted by Gasteiger charge is -2.01. The van der Waals surface area contributed by atoms with E-state index in [2.05, 4.69) is 6.58 Å². The summed E-state index contributed by atoms with van der Waals surface area (Å²) >= 11 is 0. The average Bonchev–Trinajstić information content (AvgIpc) is 2.07. The SMILES string of the molecule is C=C(C)C1=C(C)[C@@H](O)CC1=O. The first-order chi connectivity index (χ1) is 5.04. The first-order valence-electron chi connectivity index (χ1n) is 3.62. The zero-order chi connectivity index (χ0) is 8.59. The van der Waals surface area contributed by atoms with Crippen LogP contribution in [0.1, 0.15) is 20.3 Å². The molecule has 1 atom stereocenters. The van der Waals surface area contributed by atoms with Crippen molar-refractivity contribution < 1.29 is 9.90 Å². The molecule has 0 bridgehead atoms. The fourth-order valence-electron chi connectivity index (χ4n) is 1.39. The lowest BCUT2D eigenvalue weighted by atomic mass is 10.1. The third-order valence-electron chi connectivity index (χ3n) is 1.98. The van der Waals surface area contributed by atoms with Gasteiger partial charge in [-0.25, -0.2) is 0 Å². The molecule has 1 rings (SSSR count). The predicted octanol–water partition coefficient (Wildman–Crippen LogP) is 1.21. The van der Waals surface area contributed by atoms with Gasteiger partial charge in [0.05, 0.1) is 6.10 Å². The molecule has 0 amide bonds. The lowest BCUT2D eigenvalue weighted by Crippen LogP contribution is -2.03. The second-order valence-electron chi connectivity index (χ2n) is 2.98. The Balaban J connectivity index is 3.07. The highest BCUT2D eigenvalue weighted by molar-refractivity contribution is 6.03. The van der Waals surface area contributed by atoms with Gasteiger partial charge in [-0.3, -0.25) is 4.79 Å². The van der Waals surface area contributed by atoms with E-state index >= 15 is 0 Å². The monoisotopic (exact) mass is 152 g/mol. The maximum atomic E-state index is 11.2. The highest BCUT2D eigenvalue weighted by atomic mass is 16.3. The van der Waals surface area contributed by atoms with E-state index in [0.29, 0.717) is 5.57 Å². The number of Topliss-reactive ketones (excluding diaryl/α,β-unsaturated/α-hetero) is 1. The molecule has 11 heavy (non-hydrogen) atoms. The quantitative estimate of drug-likeness (QED) is 0.613. The van der Waals surface area contributed by atoms with Crippen molar-refractivity contribution in [3.05, 3.63) is 23.3 Å². The van der Waals surface area contributed by atoms with Crippen molar-refractivity contribution in [2.75, 3.05) is 0 Å². The zero-order valence-electron chi connectivity index (χ0n) is 6.85. The molecule has 0 spiro atoms. The summed E-state index contributed by atoms with van der Waals surface area (Å²) in [4.78, 5) is 11.2. The van der Waals surface area contributed by atoms with Crippen LogP contribution in [0, 0.1) is 0 Å². The normalized spacial score (nSPS) is 24.6. The summed E-state index contributed by atoms with van der Waals surface area (Å²) in [5.41, 5.74) is 2.16. The summed E-state index contributed by atoms with van der Waals surface area (Å²) in [6.07, 6.45) is -0.345. The predicted molar refractivity (Wildman–Crippen MR) is 43.1 cm³/mol. The number of aliphatic hydroxyl groups excluding tert-OH is 1. The molecule has 1 aliphatic carbocycles. The molecule has 2 heteroatoms. The highest BCUT2D eigenvalue weighted by Crippen LogP contribution is 2.27. The van der Waals surface area contributed by atoms with E-state index in [9.17, 15) is 9.90 Å². The molecule has 0 saturated carbocycles. The molecule has 0 saturated heterocycles. The molecule has 0 heterocycles. The maximum absolute atomic E-state index is 11.2. The van der Waals surface area contributed by atoms with Gasteiger partial charge in [0.25, 0.3) is 0 Å². The van der Waals surface area contributed by atoms with Gasteiger partial charge in [-0.2, -0.15) is 0 Å². The second-order valence-corrected chi connectivity index (χ2v) is 2.98. The van der Waals surface area contributed by atoms with Gasteiger partial charge in [-0.05, 0) is 25.0 Å². The van der Waals surface area contributed by atoms with Crippen LogP contribution in [0.3, 0.4) is 0 Å². The highest BCUT2D eigenvalue weighted by Gasteiger charge is 2.27. The fraction of sp³-hybridized carbons (Fsp3) is 0.444. The summed E-state index contributed by atoms with van der Waals surface area (Å²) in [6.45, 7) is 7.25. The number of ketones is 1. The van der Waals surface area contributed by atoms with Crippen LogP contribution in [0.15, 0.2) is 23.3 Å². The number of rotatable bonds is 1. The van der Waals surface area contributed by atoms with Crippen LogP contribution in [-0.4, -0.2) is 17.0 Å². The van der Waals surface area contributed by atoms with Crippen molar-refractivity contribution in [1.82, 2.24) is 0 Å². The number of hydrogen-bond donors (Lipinski definition) is 1. The van der Waals surface area contributed by atoms with E-state index in [0.717, 1.165) is 11.1 Å². The van der Waals surface area contributed by atoms with Crippen LogP contribution in [0.4, 0.5) is 0 Å². The minimum Gasteiger partial charge on any atom is -0.388 e. The van der Waals surface area contributed by atoms with E-state index in [-0.39, 0.29) is 12.2 Å². The van der Waals surface area contributed by atoms with Crippen molar-refractivity contribution >= 4 is 5.78 Å². The van der Waals surface area contributed by atoms with E-state index in [1.165, 1.54) is 0 Å². The standard InChI is InChI=1S/C9H12O2/c1-5(2)9-6(3)7(10)4-8(9)11/h7,10H,1,4H2,2-3H3/t7-/m0/s1. The van der Waals surface area contributed by atoms with Gasteiger partial charge >= 0.3 is 0 Å². The minimum atomic E-state index is -0.575. The van der Waals surface area contributed by atoms with Gasteiger partial charge in [0.15, 0.2) is 5.78 Å². The Labute approximate surface area is 66.2 Å². The van der Waals surface area contributed by atoms with Crippen molar-refractivity contribution in [1.29, 1.82) is 0 Å². The van der Waals surface area contributed by atoms with Crippen LogP contribution >= 0.6 is 0 Å². The topological polar surface area (TPSA) is 37.3 Å². The molecule has 0 aromatic rings. The molecule has 60 valence electrons. The summed E-state index contributed by atoms with van der Waals surface area (Å²) in [5, 5.41) is 9.27. The molecule has 2 nitrogen and oxygen atoms in total. The number of carbonyl (C=O) groups is 1. The van der Waals surface area contributed by atoms with Crippen molar-refractivity contribution in [3.8, 4) is 0 Å². The second kappa shape index (κ2) is 2.62. The molecule has 0 aromatic heterocycles. The van der Waals surface area contributed by atoms with Gasteiger partial charge < -0.3 is 5.11 Å². The molecular formula is C9H12O2. The van der Waals surface area contributed by atoms with Gasteiger partial charge in [-0.1, -0.05) is 6.58 Å². The van der Waals surface area contributed by atoms with Crippen molar-refractivity contribution in [2.45, 2.75) is 26.4 Å². The summed E-state index contributed by atoms with van der Waals surface area (Å²) < 4.78 is 0. The van der Waals surface area contributed by atoms with E-state index in [1.54, 1.807) is 13.8 Å². The Hall–Kier alpha value is -0.890. The molecule has 1 aliphatic rings. The van der Waals surface area contributed by atoms with Crippen LogP contribution in [0.25, 0.3) is 0 Å². The fourth-order valence-corrected chi connectivity index (χ4v) is 1.39. The number of allylic oxidation sites excluding steroid dienone is 2. The molecule has 0 unspecified atom stereocenters. The molecule has 0 aromatic carbocycles. The van der Waals surface area contributed by atoms with Gasteiger partial charge in [-0.15, -0.1) is 0 Å². The number of hydrogen-bond acceptors (Lipinski definition) is 2. The smallest absolute Gasteiger partial charge is 0.166 e. The largest absolute Gasteiger partial charge is 0.388 e. The zero-order valence-corrected chi connectivity index (χ0v) is 6.85. The Morgan fingerprint density at radius 2 is 2.27 bits per heavy atom. The first kappa shape index (κ1) is 8.21. The average molecular weight is 152 g/mol. The molecule has 0 radical (unpaired) electrons. The van der Waals surface area contributed by atoms with E-state index in [1.807, 2.05) is 0 Å². The Kier molecular flexibility index (Phi) is 1.96. The minimum absolute atomic E-state index is 0.0162. The van der Waals surface area contributed by atoms with Crippen molar-refractivity contribution in [2.24, 2.45) is 0 Å². The van der Waals surface area contributed by atoms with Gasteiger partial charge in [0.1, 0.15) is 0 Å². The molecule has 0 fully saturated rings. The Bertz CT molecular complexity index is 248. The first-order valence-corrected chi connectivity index (χ1v) is 3.62. The summed E-state index contributed by atoms with van der Waals surface area (Å²) in [5.74, 6) is 0.0162. The summed E-state index contributed by atoms with van der Waals surface area (Å²) in [7, 11) is 0. The van der Waals surface area contributed by atoms with Crippen LogP contribution in [0.2, 0.25) is 0 Å². The number of aliphatic hydroxyl groups is 1. The van der Waals surface area contributed by atoms with Crippen LogP contribution in [0.5, 0.6) is 0 Å². The van der Waals surface area contributed by atoms with E-state index in [4.69, 9.17) is 0 Å². The van der Waals surface area contributed by atoms with Gasteiger partial charge in [0.2, 0.25) is 0 Å². The van der Waals surface area contributed by atoms with Crippen LogP contribution in [-0.2, 0) is 4.79 Å². The Morgan fingerprint density at radius 1 is 1.73 bits per heavy atom. The summed E-state index contributed by atoms with van der Waals surface area (Å²) in [6, 6.07) is 0. The Morgan fingerprint density at radius 3 is 2.45 bits per heavy atom. The van der Waals surface area contributed by atoms with E-state index < -0.39 is 6.10 Å². The third-order valence-corrected chi connectivity index (χ3v) is 1.98. The third kappa shape index (κ3) is 1.26. The maximum Gasteiger partial charge on any atom is 0.166 e. The van der Waals surface area contributed by atoms with Crippen molar-refractivity contribution in [3.63, 3.8) is 0 Å². The molecular weight excluding hydrogens is 140 g/mol. The van der Waals surface area contributed by atoms with Gasteiger partial charge in [0, 0.05) is 12.0 Å².